The molecule has 4 heteroatoms. The van der Waals surface area contributed by atoms with Gasteiger partial charge in [-0.3, -0.25) is 0 Å². The van der Waals surface area contributed by atoms with Crippen molar-refractivity contribution in [3.63, 3.8) is 0 Å². The van der Waals surface area contributed by atoms with Crippen LogP contribution in [0.3, 0.4) is 0 Å². The first kappa shape index (κ1) is 9.45. The summed E-state index contributed by atoms with van der Waals surface area (Å²) in [5.41, 5.74) is 6.13. The molecule has 0 bridgehead atoms. The van der Waals surface area contributed by atoms with Gasteiger partial charge in [0.15, 0.2) is 11.6 Å². The van der Waals surface area contributed by atoms with Crippen molar-refractivity contribution in [2.45, 2.75) is 0 Å². The molecule has 0 radical (unpaired) electrons. The fourth-order valence-electron chi connectivity index (χ4n) is 1.32. The number of phenols is 1. The van der Waals surface area contributed by atoms with Crippen LogP contribution in [0, 0.1) is 5.82 Å². The number of nitrogen functional groups attached to an aromatic ring is 1. The number of nitrogens with zero attached hydrogens (tertiary/aromatic N) is 1. The lowest BCUT2D eigenvalue weighted by atomic mass is 10.1. The van der Waals surface area contributed by atoms with Gasteiger partial charge in [0.2, 0.25) is 0 Å². The predicted molar refractivity (Wildman–Crippen MR) is 55.7 cm³/mol. The number of hydrogen-bond donors (Lipinski definition) is 2. The van der Waals surface area contributed by atoms with Gasteiger partial charge in [0.1, 0.15) is 5.82 Å². The van der Waals surface area contributed by atoms with Crippen molar-refractivity contribution >= 4 is 5.82 Å². The number of pyridine rings is 1. The maximum Gasteiger partial charge on any atom is 0.174 e. The Kier molecular flexibility index (Phi) is 2.25. The lowest BCUT2D eigenvalue weighted by Crippen LogP contribution is -1.93. The van der Waals surface area contributed by atoms with E-state index < -0.39 is 11.6 Å². The molecule has 0 unspecified atom stereocenters. The molecule has 2 rings (SSSR count). The van der Waals surface area contributed by atoms with Gasteiger partial charge in [-0.15, -0.1) is 0 Å². The second kappa shape index (κ2) is 3.57. The molecule has 1 heterocycles. The van der Waals surface area contributed by atoms with E-state index in [4.69, 9.17) is 5.73 Å². The van der Waals surface area contributed by atoms with Crippen LogP contribution in [0.4, 0.5) is 10.2 Å². The summed E-state index contributed by atoms with van der Waals surface area (Å²) in [4.78, 5) is 3.97. The molecule has 15 heavy (non-hydrogen) atoms. The molecule has 3 N–H and O–H groups in total. The lowest BCUT2D eigenvalue weighted by molar-refractivity contribution is 0.433. The third-order valence-corrected chi connectivity index (χ3v) is 2.02. The summed E-state index contributed by atoms with van der Waals surface area (Å²) in [6, 6.07) is 9.31. The fourth-order valence-corrected chi connectivity index (χ4v) is 1.32. The highest BCUT2D eigenvalue weighted by Crippen LogP contribution is 2.27. The Bertz CT molecular complexity index is 500. The van der Waals surface area contributed by atoms with Gasteiger partial charge in [-0.05, 0) is 24.3 Å². The minimum atomic E-state index is -0.685. The Balaban J connectivity index is 2.59. The van der Waals surface area contributed by atoms with Crippen LogP contribution in [0.2, 0.25) is 0 Å². The van der Waals surface area contributed by atoms with Crippen LogP contribution < -0.4 is 5.73 Å². The maximum absolute atomic E-state index is 13.5. The van der Waals surface area contributed by atoms with Gasteiger partial charge in [-0.25, -0.2) is 9.37 Å². The summed E-state index contributed by atoms with van der Waals surface area (Å²) < 4.78 is 13.5. The summed E-state index contributed by atoms with van der Waals surface area (Å²) in [5.74, 6) is -0.762. The third kappa shape index (κ3) is 1.74. The lowest BCUT2D eigenvalue weighted by Gasteiger charge is -2.04. The van der Waals surface area contributed by atoms with Gasteiger partial charge in [0, 0.05) is 5.56 Å². The van der Waals surface area contributed by atoms with Crippen LogP contribution in [0.15, 0.2) is 36.4 Å². The molecule has 1 aromatic heterocycles. The van der Waals surface area contributed by atoms with E-state index in [1.54, 1.807) is 24.3 Å². The van der Waals surface area contributed by atoms with Crippen molar-refractivity contribution in [3.05, 3.63) is 42.2 Å². The molecular formula is C11H9FN2O. The highest BCUT2D eigenvalue weighted by molar-refractivity contribution is 5.63. The average molecular weight is 204 g/mol. The van der Waals surface area contributed by atoms with Gasteiger partial charge < -0.3 is 10.8 Å². The smallest absolute Gasteiger partial charge is 0.174 e. The Morgan fingerprint density at radius 2 is 1.87 bits per heavy atom. The molecule has 0 aliphatic heterocycles. The molecular weight excluding hydrogens is 195 g/mol. The normalized spacial score (nSPS) is 10.2. The van der Waals surface area contributed by atoms with Crippen LogP contribution >= 0.6 is 0 Å². The Labute approximate surface area is 86.0 Å². The van der Waals surface area contributed by atoms with Gasteiger partial charge in [-0.2, -0.15) is 0 Å². The molecule has 76 valence electrons. The predicted octanol–water partition coefficient (Wildman–Crippen LogP) is 2.18. The topological polar surface area (TPSA) is 59.1 Å². The van der Waals surface area contributed by atoms with Crippen molar-refractivity contribution in [2.75, 3.05) is 5.73 Å². The first-order valence-corrected chi connectivity index (χ1v) is 4.39. The summed E-state index contributed by atoms with van der Waals surface area (Å²) in [5, 5.41) is 9.20. The van der Waals surface area contributed by atoms with E-state index in [-0.39, 0.29) is 5.56 Å². The number of anilines is 1. The second-order valence-electron chi connectivity index (χ2n) is 3.09. The minimum absolute atomic E-state index is 0.238. The number of benzene rings is 1. The molecule has 0 amide bonds. The first-order chi connectivity index (χ1) is 7.18. The molecule has 1 aromatic carbocycles. The van der Waals surface area contributed by atoms with Crippen LogP contribution in [0.25, 0.3) is 11.3 Å². The average Bonchev–Trinajstić information content (AvgIpc) is 2.22. The maximum atomic E-state index is 13.5. The van der Waals surface area contributed by atoms with Gasteiger partial charge in [0.25, 0.3) is 0 Å². The van der Waals surface area contributed by atoms with E-state index in [1.165, 1.54) is 12.1 Å². The number of phenolic OH excluding ortho intramolecular Hbond substituents is 1. The summed E-state index contributed by atoms with van der Waals surface area (Å²) in [6.07, 6.45) is 0. The quantitative estimate of drug-likeness (QED) is 0.748. The third-order valence-electron chi connectivity index (χ3n) is 2.02. The van der Waals surface area contributed by atoms with Crippen LogP contribution in [0.1, 0.15) is 0 Å². The second-order valence-corrected chi connectivity index (χ2v) is 3.09. The minimum Gasteiger partial charge on any atom is -0.505 e. The van der Waals surface area contributed by atoms with Crippen molar-refractivity contribution in [3.8, 4) is 17.0 Å². The molecule has 0 spiro atoms. The molecule has 0 fully saturated rings. The van der Waals surface area contributed by atoms with Crippen molar-refractivity contribution < 1.29 is 9.50 Å². The van der Waals surface area contributed by atoms with Gasteiger partial charge >= 0.3 is 0 Å². The fraction of sp³-hybridized carbons (Fsp3) is 0. The number of rotatable bonds is 1. The van der Waals surface area contributed by atoms with E-state index in [9.17, 15) is 9.50 Å². The SMILES string of the molecule is Nc1cccc(-c2cccc(O)c2F)n1. The Hall–Kier alpha value is -2.10. The number of halogens is 1. The van der Waals surface area contributed by atoms with E-state index in [1.807, 2.05) is 0 Å². The first-order valence-electron chi connectivity index (χ1n) is 4.39. The van der Waals surface area contributed by atoms with E-state index >= 15 is 0 Å². The molecule has 2 aromatic rings. The van der Waals surface area contributed by atoms with Crippen molar-refractivity contribution in [1.82, 2.24) is 4.98 Å². The summed E-state index contributed by atoms with van der Waals surface area (Å²) >= 11 is 0. The van der Waals surface area contributed by atoms with Crippen LogP contribution in [-0.2, 0) is 0 Å². The molecule has 0 aliphatic rings. The molecule has 3 nitrogen and oxygen atoms in total. The summed E-state index contributed by atoms with van der Waals surface area (Å²) in [7, 11) is 0. The van der Waals surface area contributed by atoms with Crippen molar-refractivity contribution in [2.24, 2.45) is 0 Å². The van der Waals surface area contributed by atoms with Gasteiger partial charge in [-0.1, -0.05) is 12.1 Å². The summed E-state index contributed by atoms with van der Waals surface area (Å²) in [6.45, 7) is 0. The standard InChI is InChI=1S/C11H9FN2O/c12-11-7(3-1-5-9(11)15)8-4-2-6-10(13)14-8/h1-6,15H,(H2,13,14). The number of nitrogens with two attached hydrogens (primary N) is 1. The Morgan fingerprint density at radius 1 is 1.13 bits per heavy atom. The highest BCUT2D eigenvalue weighted by Gasteiger charge is 2.09. The molecule has 0 aliphatic carbocycles. The van der Waals surface area contributed by atoms with Crippen LogP contribution in [-0.4, -0.2) is 10.1 Å². The van der Waals surface area contributed by atoms with Gasteiger partial charge in [0.05, 0.1) is 5.69 Å². The van der Waals surface area contributed by atoms with Crippen LogP contribution in [0.5, 0.6) is 5.75 Å². The highest BCUT2D eigenvalue weighted by atomic mass is 19.1. The van der Waals surface area contributed by atoms with E-state index in [0.717, 1.165) is 0 Å². The number of aromatic nitrogens is 1. The Morgan fingerprint density at radius 3 is 2.60 bits per heavy atom. The largest absolute Gasteiger partial charge is 0.505 e. The number of aromatic hydroxyl groups is 1. The zero-order valence-corrected chi connectivity index (χ0v) is 7.81. The zero-order valence-electron chi connectivity index (χ0n) is 7.81. The molecule has 0 atom stereocenters. The van der Waals surface area contributed by atoms with E-state index in [2.05, 4.69) is 4.98 Å². The van der Waals surface area contributed by atoms with Crippen molar-refractivity contribution in [1.29, 1.82) is 0 Å². The molecule has 0 saturated carbocycles. The monoisotopic (exact) mass is 204 g/mol. The van der Waals surface area contributed by atoms with E-state index in [0.29, 0.717) is 11.5 Å². The number of hydrogen-bond acceptors (Lipinski definition) is 3. The molecule has 0 saturated heterocycles. The zero-order chi connectivity index (χ0) is 10.8.